The van der Waals surface area contributed by atoms with Gasteiger partial charge in [0.25, 0.3) is 5.91 Å². The van der Waals surface area contributed by atoms with Gasteiger partial charge in [0.2, 0.25) is 0 Å². The summed E-state index contributed by atoms with van der Waals surface area (Å²) >= 11 is 0. The van der Waals surface area contributed by atoms with Crippen LogP contribution in [0.2, 0.25) is 0 Å². The van der Waals surface area contributed by atoms with E-state index in [9.17, 15) is 18.0 Å². The number of carbonyl (C=O) groups excluding carboxylic acids is 1. The SMILES string of the molecule is COc1ccc(C(=O)Nc2ccc(N3CCCN(Cc4ccccc4C(F)(F)F)CC3)nc2)c(OC)c1. The Morgan fingerprint density at radius 2 is 1.81 bits per heavy atom. The van der Waals surface area contributed by atoms with E-state index in [4.69, 9.17) is 9.47 Å². The Labute approximate surface area is 213 Å². The second-order valence-corrected chi connectivity index (χ2v) is 8.70. The summed E-state index contributed by atoms with van der Waals surface area (Å²) in [6, 6.07) is 14.3. The molecule has 0 aliphatic carbocycles. The van der Waals surface area contributed by atoms with Crippen molar-refractivity contribution >= 4 is 17.4 Å². The summed E-state index contributed by atoms with van der Waals surface area (Å²) in [7, 11) is 3.02. The maximum atomic E-state index is 13.4. The third-order valence-electron chi connectivity index (χ3n) is 6.29. The highest BCUT2D eigenvalue weighted by Crippen LogP contribution is 2.32. The molecule has 2 aromatic carbocycles. The summed E-state index contributed by atoms with van der Waals surface area (Å²) in [5.41, 5.74) is 0.608. The molecule has 4 rings (SSSR count). The molecule has 37 heavy (non-hydrogen) atoms. The van der Waals surface area contributed by atoms with E-state index in [0.29, 0.717) is 42.4 Å². The van der Waals surface area contributed by atoms with Crippen molar-refractivity contribution in [3.05, 3.63) is 77.5 Å². The molecule has 3 aromatic rings. The standard InChI is InChI=1S/C27H29F3N4O3/c1-36-21-9-10-22(24(16-21)37-2)26(35)32-20-8-11-25(31-17-20)34-13-5-12-33(14-15-34)18-19-6-3-4-7-23(19)27(28,29)30/h3-4,6-11,16-17H,5,12-15,18H2,1-2H3,(H,32,35). The van der Waals surface area contributed by atoms with Gasteiger partial charge < -0.3 is 19.7 Å². The molecule has 0 spiro atoms. The number of pyridine rings is 1. The molecule has 1 aliphatic heterocycles. The highest BCUT2D eigenvalue weighted by molar-refractivity contribution is 6.06. The van der Waals surface area contributed by atoms with Crippen LogP contribution in [0, 0.1) is 0 Å². The van der Waals surface area contributed by atoms with Crippen molar-refractivity contribution in [1.82, 2.24) is 9.88 Å². The third kappa shape index (κ3) is 6.51. The predicted molar refractivity (Wildman–Crippen MR) is 135 cm³/mol. The lowest BCUT2D eigenvalue weighted by molar-refractivity contribution is -0.138. The van der Waals surface area contributed by atoms with Gasteiger partial charge in [-0.2, -0.15) is 13.2 Å². The summed E-state index contributed by atoms with van der Waals surface area (Å²) in [6.45, 7) is 2.93. The van der Waals surface area contributed by atoms with E-state index in [1.807, 2.05) is 11.0 Å². The molecule has 7 nitrogen and oxygen atoms in total. The molecule has 0 atom stereocenters. The zero-order valence-corrected chi connectivity index (χ0v) is 20.7. The van der Waals surface area contributed by atoms with Crippen LogP contribution in [-0.2, 0) is 12.7 Å². The van der Waals surface area contributed by atoms with E-state index in [2.05, 4.69) is 15.2 Å². The molecular formula is C27H29F3N4O3. The Balaban J connectivity index is 1.37. The van der Waals surface area contributed by atoms with Gasteiger partial charge in [0.15, 0.2) is 0 Å². The van der Waals surface area contributed by atoms with E-state index < -0.39 is 11.7 Å². The van der Waals surface area contributed by atoms with Gasteiger partial charge in [-0.25, -0.2) is 4.98 Å². The number of methoxy groups -OCH3 is 2. The molecule has 1 aliphatic rings. The first kappa shape index (κ1) is 26.3. The van der Waals surface area contributed by atoms with Gasteiger partial charge in [0.1, 0.15) is 17.3 Å². The van der Waals surface area contributed by atoms with Crippen LogP contribution in [0.15, 0.2) is 60.8 Å². The lowest BCUT2D eigenvalue weighted by Gasteiger charge is -2.24. The van der Waals surface area contributed by atoms with Crippen LogP contribution >= 0.6 is 0 Å². The molecule has 1 aromatic heterocycles. The average molecular weight is 515 g/mol. The van der Waals surface area contributed by atoms with Crippen molar-refractivity contribution in [2.75, 3.05) is 50.6 Å². The normalized spacial score (nSPS) is 14.7. The zero-order chi connectivity index (χ0) is 26.4. The van der Waals surface area contributed by atoms with E-state index in [-0.39, 0.29) is 18.0 Å². The molecule has 1 N–H and O–H groups in total. The van der Waals surface area contributed by atoms with E-state index in [0.717, 1.165) is 24.8 Å². The molecule has 10 heteroatoms. The number of alkyl halides is 3. The zero-order valence-electron chi connectivity index (χ0n) is 20.7. The monoisotopic (exact) mass is 514 g/mol. The molecular weight excluding hydrogens is 485 g/mol. The first-order valence-electron chi connectivity index (χ1n) is 11.9. The highest BCUT2D eigenvalue weighted by atomic mass is 19.4. The fraction of sp³-hybridized carbons (Fsp3) is 0.333. The van der Waals surface area contributed by atoms with Crippen molar-refractivity contribution in [3.8, 4) is 11.5 Å². The fourth-order valence-electron chi connectivity index (χ4n) is 4.37. The summed E-state index contributed by atoms with van der Waals surface area (Å²) in [5, 5.41) is 2.82. The summed E-state index contributed by atoms with van der Waals surface area (Å²) in [6.07, 6.45) is -1.98. The van der Waals surface area contributed by atoms with Gasteiger partial charge in [-0.1, -0.05) is 18.2 Å². The number of hydrogen-bond acceptors (Lipinski definition) is 6. The number of halogens is 3. The number of ether oxygens (including phenoxy) is 2. The number of amides is 1. The van der Waals surface area contributed by atoms with Crippen molar-refractivity contribution in [3.63, 3.8) is 0 Å². The molecule has 196 valence electrons. The highest BCUT2D eigenvalue weighted by Gasteiger charge is 2.33. The van der Waals surface area contributed by atoms with Crippen LogP contribution in [0.3, 0.4) is 0 Å². The van der Waals surface area contributed by atoms with Crippen molar-refractivity contribution in [2.45, 2.75) is 19.1 Å². The Morgan fingerprint density at radius 1 is 1.00 bits per heavy atom. The van der Waals surface area contributed by atoms with Gasteiger partial charge in [0.05, 0.1) is 37.2 Å². The Kier molecular flexibility index (Phi) is 8.17. The maximum absolute atomic E-state index is 13.4. The summed E-state index contributed by atoms with van der Waals surface area (Å²) in [4.78, 5) is 21.4. The molecule has 1 fully saturated rings. The molecule has 0 unspecified atom stereocenters. The molecule has 0 bridgehead atoms. The second-order valence-electron chi connectivity index (χ2n) is 8.70. The lowest BCUT2D eigenvalue weighted by atomic mass is 10.1. The number of rotatable bonds is 7. The maximum Gasteiger partial charge on any atom is 0.416 e. The predicted octanol–water partition coefficient (Wildman–Crippen LogP) is 5.08. The second kappa shape index (κ2) is 11.5. The van der Waals surface area contributed by atoms with E-state index in [1.165, 1.54) is 20.3 Å². The number of nitrogens with zero attached hydrogens (tertiary/aromatic N) is 3. The quantitative estimate of drug-likeness (QED) is 0.474. The third-order valence-corrected chi connectivity index (χ3v) is 6.29. The van der Waals surface area contributed by atoms with E-state index in [1.54, 1.807) is 42.6 Å². The molecule has 1 amide bonds. The number of aromatic nitrogens is 1. The first-order valence-corrected chi connectivity index (χ1v) is 11.9. The van der Waals surface area contributed by atoms with Gasteiger partial charge in [0, 0.05) is 38.8 Å². The number of hydrogen-bond donors (Lipinski definition) is 1. The minimum atomic E-state index is -4.37. The van der Waals surface area contributed by atoms with Crippen LogP contribution < -0.4 is 19.7 Å². The van der Waals surface area contributed by atoms with Crippen molar-refractivity contribution in [1.29, 1.82) is 0 Å². The van der Waals surface area contributed by atoms with Crippen LogP contribution in [0.4, 0.5) is 24.7 Å². The smallest absolute Gasteiger partial charge is 0.416 e. The van der Waals surface area contributed by atoms with Crippen LogP contribution in [-0.4, -0.2) is 56.2 Å². The van der Waals surface area contributed by atoms with Crippen LogP contribution in [0.5, 0.6) is 11.5 Å². The molecule has 1 saturated heterocycles. The van der Waals surface area contributed by atoms with Gasteiger partial charge in [-0.3, -0.25) is 9.69 Å². The number of benzene rings is 2. The van der Waals surface area contributed by atoms with Gasteiger partial charge >= 0.3 is 6.18 Å². The van der Waals surface area contributed by atoms with E-state index >= 15 is 0 Å². The Morgan fingerprint density at radius 3 is 2.51 bits per heavy atom. The topological polar surface area (TPSA) is 66.9 Å². The first-order chi connectivity index (χ1) is 17.8. The average Bonchev–Trinajstić information content (AvgIpc) is 3.14. The fourth-order valence-corrected chi connectivity index (χ4v) is 4.37. The Bertz CT molecular complexity index is 1220. The van der Waals surface area contributed by atoms with Crippen molar-refractivity contribution in [2.24, 2.45) is 0 Å². The van der Waals surface area contributed by atoms with Gasteiger partial charge in [-0.15, -0.1) is 0 Å². The Hall–Kier alpha value is -3.79. The van der Waals surface area contributed by atoms with Crippen molar-refractivity contribution < 1.29 is 27.4 Å². The number of anilines is 2. The minimum Gasteiger partial charge on any atom is -0.497 e. The van der Waals surface area contributed by atoms with Crippen LogP contribution in [0.1, 0.15) is 27.9 Å². The summed E-state index contributed by atoms with van der Waals surface area (Å²) in [5.74, 6) is 1.39. The largest absolute Gasteiger partial charge is 0.497 e. The molecule has 0 saturated carbocycles. The van der Waals surface area contributed by atoms with Crippen LogP contribution in [0.25, 0.3) is 0 Å². The molecule has 2 heterocycles. The number of carbonyl (C=O) groups is 1. The lowest BCUT2D eigenvalue weighted by Crippen LogP contribution is -2.31. The number of nitrogens with one attached hydrogen (secondary N) is 1. The molecule has 0 radical (unpaired) electrons. The summed E-state index contributed by atoms with van der Waals surface area (Å²) < 4.78 is 50.6. The minimum absolute atomic E-state index is 0.247. The van der Waals surface area contributed by atoms with Gasteiger partial charge in [-0.05, 0) is 42.3 Å².